The lowest BCUT2D eigenvalue weighted by molar-refractivity contribution is -0.139. The first kappa shape index (κ1) is 14.7. The molecule has 110 valence electrons. The number of aromatic nitrogens is 3. The molecule has 2 rings (SSSR count). The maximum Gasteiger partial charge on any atom is 0.360 e. The molecule has 1 aromatic heterocycles. The first-order chi connectivity index (χ1) is 10.2. The van der Waals surface area contributed by atoms with Gasteiger partial charge in [-0.15, -0.1) is 5.10 Å². The van der Waals surface area contributed by atoms with Crippen LogP contribution in [-0.4, -0.2) is 41.2 Å². The number of benzene rings is 1. The van der Waals surface area contributed by atoms with E-state index in [4.69, 9.17) is 0 Å². The monoisotopic (exact) mass is 289 g/mol. The number of hydrogen-bond donors (Lipinski definition) is 0. The number of carbonyl (C=O) groups excluding carboxylic acids is 2. The zero-order valence-electron chi connectivity index (χ0n) is 11.8. The number of rotatable bonds is 5. The Morgan fingerprint density at radius 2 is 1.86 bits per heavy atom. The van der Waals surface area contributed by atoms with Crippen LogP contribution in [0.5, 0.6) is 0 Å². The summed E-state index contributed by atoms with van der Waals surface area (Å²) in [5, 5.41) is 7.73. The maximum absolute atomic E-state index is 11.7. The molecule has 0 bridgehead atoms. The second kappa shape index (κ2) is 6.65. The van der Waals surface area contributed by atoms with Gasteiger partial charge in [-0.1, -0.05) is 35.5 Å². The molecule has 0 aliphatic rings. The van der Waals surface area contributed by atoms with Gasteiger partial charge in [-0.25, -0.2) is 9.48 Å². The molecule has 0 radical (unpaired) electrons. The largest absolute Gasteiger partial charge is 0.469 e. The van der Waals surface area contributed by atoms with Crippen LogP contribution in [0.4, 0.5) is 0 Å². The van der Waals surface area contributed by atoms with E-state index in [1.807, 2.05) is 30.3 Å². The van der Waals surface area contributed by atoms with E-state index in [0.717, 1.165) is 5.56 Å². The van der Waals surface area contributed by atoms with Crippen molar-refractivity contribution in [2.75, 3.05) is 14.2 Å². The van der Waals surface area contributed by atoms with E-state index >= 15 is 0 Å². The smallest absolute Gasteiger partial charge is 0.360 e. The van der Waals surface area contributed by atoms with E-state index in [0.29, 0.717) is 12.2 Å². The molecule has 1 aromatic carbocycles. The van der Waals surface area contributed by atoms with Crippen molar-refractivity contribution in [1.82, 2.24) is 15.0 Å². The highest BCUT2D eigenvalue weighted by atomic mass is 16.5. The van der Waals surface area contributed by atoms with Gasteiger partial charge >= 0.3 is 11.9 Å². The Balaban J connectivity index is 2.34. The number of methoxy groups -OCH3 is 2. The van der Waals surface area contributed by atoms with Gasteiger partial charge in [0.2, 0.25) is 0 Å². The summed E-state index contributed by atoms with van der Waals surface area (Å²) in [4.78, 5) is 23.2. The van der Waals surface area contributed by atoms with Crippen LogP contribution in [-0.2, 0) is 27.2 Å². The number of esters is 2. The highest BCUT2D eigenvalue weighted by Gasteiger charge is 2.22. The molecule has 0 saturated carbocycles. The predicted molar refractivity (Wildman–Crippen MR) is 72.6 cm³/mol. The molecule has 0 amide bonds. The SMILES string of the molecule is COC(=O)Cc1c(C(=O)OC)nnn1Cc1ccccc1. The van der Waals surface area contributed by atoms with Crippen molar-refractivity contribution in [2.45, 2.75) is 13.0 Å². The van der Waals surface area contributed by atoms with Gasteiger partial charge in [0, 0.05) is 0 Å². The minimum atomic E-state index is -0.631. The van der Waals surface area contributed by atoms with E-state index < -0.39 is 11.9 Å². The molecule has 0 unspecified atom stereocenters. The molecule has 21 heavy (non-hydrogen) atoms. The zero-order valence-corrected chi connectivity index (χ0v) is 11.8. The lowest BCUT2D eigenvalue weighted by atomic mass is 10.2. The molecule has 1 heterocycles. The number of carbonyl (C=O) groups is 2. The van der Waals surface area contributed by atoms with Gasteiger partial charge in [-0.3, -0.25) is 4.79 Å². The summed E-state index contributed by atoms with van der Waals surface area (Å²) in [5.74, 6) is -1.11. The molecule has 7 nitrogen and oxygen atoms in total. The van der Waals surface area contributed by atoms with E-state index in [9.17, 15) is 9.59 Å². The van der Waals surface area contributed by atoms with Crippen molar-refractivity contribution >= 4 is 11.9 Å². The number of hydrogen-bond acceptors (Lipinski definition) is 6. The van der Waals surface area contributed by atoms with Crippen LogP contribution < -0.4 is 0 Å². The van der Waals surface area contributed by atoms with Crippen LogP contribution in [0.2, 0.25) is 0 Å². The molecule has 2 aromatic rings. The van der Waals surface area contributed by atoms with Crippen molar-refractivity contribution in [3.05, 3.63) is 47.3 Å². The quantitative estimate of drug-likeness (QED) is 0.758. The van der Waals surface area contributed by atoms with Crippen LogP contribution in [0.1, 0.15) is 21.7 Å². The average Bonchev–Trinajstić information content (AvgIpc) is 2.90. The Kier molecular flexibility index (Phi) is 4.65. The van der Waals surface area contributed by atoms with Crippen LogP contribution in [0, 0.1) is 0 Å². The fourth-order valence-electron chi connectivity index (χ4n) is 1.86. The van der Waals surface area contributed by atoms with Crippen molar-refractivity contribution in [2.24, 2.45) is 0 Å². The minimum Gasteiger partial charge on any atom is -0.469 e. The minimum absolute atomic E-state index is 0.0267. The summed E-state index contributed by atoms with van der Waals surface area (Å²) in [6.07, 6.45) is -0.0965. The number of nitrogens with zero attached hydrogens (tertiary/aromatic N) is 3. The lowest BCUT2D eigenvalue weighted by Gasteiger charge is -2.07. The molecule has 0 N–H and O–H groups in total. The average molecular weight is 289 g/mol. The molecule has 7 heteroatoms. The second-order valence-electron chi connectivity index (χ2n) is 4.27. The van der Waals surface area contributed by atoms with Crippen LogP contribution in [0.15, 0.2) is 30.3 Å². The van der Waals surface area contributed by atoms with Crippen LogP contribution in [0.25, 0.3) is 0 Å². The third kappa shape index (κ3) is 3.44. The second-order valence-corrected chi connectivity index (χ2v) is 4.27. The molecular weight excluding hydrogens is 274 g/mol. The highest BCUT2D eigenvalue weighted by molar-refractivity contribution is 5.89. The van der Waals surface area contributed by atoms with Crippen LogP contribution in [0.3, 0.4) is 0 Å². The van der Waals surface area contributed by atoms with Crippen molar-refractivity contribution in [3.8, 4) is 0 Å². The van der Waals surface area contributed by atoms with Crippen LogP contribution >= 0.6 is 0 Å². The first-order valence-electron chi connectivity index (χ1n) is 6.27. The molecule has 0 saturated heterocycles. The fourth-order valence-corrected chi connectivity index (χ4v) is 1.86. The Hall–Kier alpha value is -2.70. The summed E-state index contributed by atoms with van der Waals surface area (Å²) in [6, 6.07) is 9.53. The van der Waals surface area contributed by atoms with E-state index in [-0.39, 0.29) is 12.1 Å². The molecule has 0 atom stereocenters. The molecule has 0 aliphatic heterocycles. The summed E-state index contributed by atoms with van der Waals surface area (Å²) in [6.45, 7) is 0.400. The molecule has 0 spiro atoms. The van der Waals surface area contributed by atoms with E-state index in [1.165, 1.54) is 18.9 Å². The topological polar surface area (TPSA) is 83.3 Å². The third-order valence-electron chi connectivity index (χ3n) is 2.93. The summed E-state index contributed by atoms with van der Waals surface area (Å²) < 4.78 is 10.8. The maximum atomic E-state index is 11.7. The van der Waals surface area contributed by atoms with Gasteiger partial charge in [0.15, 0.2) is 5.69 Å². The van der Waals surface area contributed by atoms with Gasteiger partial charge < -0.3 is 9.47 Å². The number of ether oxygens (including phenoxy) is 2. The Morgan fingerprint density at radius 3 is 2.48 bits per heavy atom. The van der Waals surface area contributed by atoms with Gasteiger partial charge in [0.25, 0.3) is 0 Å². The summed E-state index contributed by atoms with van der Waals surface area (Å²) in [7, 11) is 2.53. The van der Waals surface area contributed by atoms with Gasteiger partial charge in [0.05, 0.1) is 32.9 Å². The van der Waals surface area contributed by atoms with Crippen molar-refractivity contribution in [3.63, 3.8) is 0 Å². The first-order valence-corrected chi connectivity index (χ1v) is 6.27. The molecular formula is C14H15N3O4. The van der Waals surface area contributed by atoms with Gasteiger partial charge in [-0.2, -0.15) is 0 Å². The summed E-state index contributed by atoms with van der Waals surface area (Å²) >= 11 is 0. The third-order valence-corrected chi connectivity index (χ3v) is 2.93. The fraction of sp³-hybridized carbons (Fsp3) is 0.286. The molecule has 0 aliphatic carbocycles. The Morgan fingerprint density at radius 1 is 1.14 bits per heavy atom. The molecule has 0 fully saturated rings. The highest BCUT2D eigenvalue weighted by Crippen LogP contribution is 2.11. The Bertz CT molecular complexity index is 637. The van der Waals surface area contributed by atoms with Gasteiger partial charge in [-0.05, 0) is 5.56 Å². The zero-order chi connectivity index (χ0) is 15.2. The van der Waals surface area contributed by atoms with Gasteiger partial charge in [0.1, 0.15) is 0 Å². The van der Waals surface area contributed by atoms with Crippen molar-refractivity contribution in [1.29, 1.82) is 0 Å². The summed E-state index contributed by atoms with van der Waals surface area (Å²) in [5.41, 5.74) is 1.38. The predicted octanol–water partition coefficient (Wildman–Crippen LogP) is 0.828. The normalized spacial score (nSPS) is 10.2. The van der Waals surface area contributed by atoms with Crippen molar-refractivity contribution < 1.29 is 19.1 Å². The standard InChI is InChI=1S/C14H15N3O4/c1-20-12(18)8-11-13(14(19)21-2)15-16-17(11)9-10-6-4-3-5-7-10/h3-7H,8-9H2,1-2H3. The van der Waals surface area contributed by atoms with E-state index in [1.54, 1.807) is 0 Å². The lowest BCUT2D eigenvalue weighted by Crippen LogP contribution is -2.15. The van der Waals surface area contributed by atoms with E-state index in [2.05, 4.69) is 19.8 Å². The Labute approximate surface area is 121 Å².